The summed E-state index contributed by atoms with van der Waals surface area (Å²) < 4.78 is 5.01. The molecule has 0 spiro atoms. The summed E-state index contributed by atoms with van der Waals surface area (Å²) in [6.45, 7) is 1.99. The molecule has 0 saturated heterocycles. The molecule has 2 aromatic rings. The molecule has 0 fully saturated rings. The molecule has 0 saturated carbocycles. The molecule has 0 atom stereocenters. The van der Waals surface area contributed by atoms with E-state index in [1.807, 2.05) is 25.1 Å². The molecule has 0 unspecified atom stereocenters. The Morgan fingerprint density at radius 1 is 1.50 bits per heavy atom. The first-order valence-electron chi connectivity index (χ1n) is 3.10. The minimum absolute atomic E-state index is 0.836. The Labute approximate surface area is 58.5 Å². The molecule has 0 aliphatic heterocycles. The molecule has 1 radical (unpaired) electrons. The van der Waals surface area contributed by atoms with Gasteiger partial charge in [0.2, 0.25) is 0 Å². The maximum Gasteiger partial charge on any atom is 0.284 e. The van der Waals surface area contributed by atoms with Crippen LogP contribution in [-0.2, 0) is 0 Å². The van der Waals surface area contributed by atoms with Crippen LogP contribution in [0.1, 0.15) is 5.56 Å². The van der Waals surface area contributed by atoms with Crippen molar-refractivity contribution >= 4 is 11.1 Å². The maximum atomic E-state index is 5.01. The van der Waals surface area contributed by atoms with Crippen LogP contribution in [-0.4, -0.2) is 4.98 Å². The lowest BCUT2D eigenvalue weighted by molar-refractivity contribution is 0.589. The Kier molecular flexibility index (Phi) is 1.01. The van der Waals surface area contributed by atoms with Gasteiger partial charge < -0.3 is 4.42 Å². The Morgan fingerprint density at radius 2 is 2.40 bits per heavy atom. The van der Waals surface area contributed by atoms with Crippen molar-refractivity contribution in [3.05, 3.63) is 30.2 Å². The third-order valence-corrected chi connectivity index (χ3v) is 1.50. The zero-order chi connectivity index (χ0) is 6.97. The predicted octanol–water partition coefficient (Wildman–Crippen LogP) is 1.94. The summed E-state index contributed by atoms with van der Waals surface area (Å²) in [6, 6.07) is 5.84. The maximum absolute atomic E-state index is 5.01. The number of hydrogen-bond donors (Lipinski definition) is 0. The van der Waals surface area contributed by atoms with E-state index in [-0.39, 0.29) is 0 Å². The fraction of sp³-hybridized carbons (Fsp3) is 0.125. The van der Waals surface area contributed by atoms with Gasteiger partial charge in [-0.2, -0.15) is 0 Å². The highest BCUT2D eigenvalue weighted by atomic mass is 16.3. The lowest BCUT2D eigenvalue weighted by Crippen LogP contribution is -1.71. The average Bonchev–Trinajstić information content (AvgIpc) is 2.36. The van der Waals surface area contributed by atoms with Gasteiger partial charge in [0.15, 0.2) is 5.58 Å². The van der Waals surface area contributed by atoms with Crippen molar-refractivity contribution < 1.29 is 4.42 Å². The summed E-state index contributed by atoms with van der Waals surface area (Å²) in [5.74, 6) is 0. The van der Waals surface area contributed by atoms with Gasteiger partial charge in [-0.3, -0.25) is 0 Å². The van der Waals surface area contributed by atoms with Crippen LogP contribution in [0, 0.1) is 13.3 Å². The number of para-hydroxylation sites is 1. The van der Waals surface area contributed by atoms with Gasteiger partial charge in [-0.25, -0.2) is 4.98 Å². The highest BCUT2D eigenvalue weighted by molar-refractivity contribution is 5.75. The van der Waals surface area contributed by atoms with E-state index in [0.29, 0.717) is 0 Å². The SMILES string of the molecule is Cc1cccc2n[c]oc12. The summed E-state index contributed by atoms with van der Waals surface area (Å²) in [5, 5.41) is 0. The first-order chi connectivity index (χ1) is 4.88. The average molecular weight is 132 g/mol. The Bertz CT molecular complexity index is 351. The Hall–Kier alpha value is -1.31. The van der Waals surface area contributed by atoms with Crippen LogP contribution in [0.4, 0.5) is 0 Å². The van der Waals surface area contributed by atoms with Crippen LogP contribution < -0.4 is 0 Å². The van der Waals surface area contributed by atoms with Crippen LogP contribution in [0.25, 0.3) is 11.1 Å². The lowest BCUT2D eigenvalue weighted by atomic mass is 10.2. The second-order valence-corrected chi connectivity index (χ2v) is 2.23. The Morgan fingerprint density at radius 3 is 3.20 bits per heavy atom. The number of nitrogens with zero attached hydrogens (tertiary/aromatic N) is 1. The van der Waals surface area contributed by atoms with E-state index in [1.165, 1.54) is 0 Å². The minimum Gasteiger partial charge on any atom is -0.432 e. The zero-order valence-electron chi connectivity index (χ0n) is 5.59. The smallest absolute Gasteiger partial charge is 0.284 e. The lowest BCUT2D eigenvalue weighted by Gasteiger charge is -1.88. The molecule has 2 rings (SSSR count). The van der Waals surface area contributed by atoms with Gasteiger partial charge in [-0.1, -0.05) is 12.1 Å². The normalized spacial score (nSPS) is 10.5. The number of hydrogen-bond acceptors (Lipinski definition) is 2. The summed E-state index contributed by atoms with van der Waals surface area (Å²) in [6.07, 6.45) is 2.45. The minimum atomic E-state index is 0.836. The second kappa shape index (κ2) is 1.84. The molecule has 1 heterocycles. The molecule has 0 aliphatic rings. The fourth-order valence-electron chi connectivity index (χ4n) is 0.975. The topological polar surface area (TPSA) is 26.0 Å². The van der Waals surface area contributed by atoms with Crippen LogP contribution in [0.3, 0.4) is 0 Å². The van der Waals surface area contributed by atoms with Crippen molar-refractivity contribution in [1.29, 1.82) is 0 Å². The molecule has 1 aromatic carbocycles. The van der Waals surface area contributed by atoms with Gasteiger partial charge in [0, 0.05) is 0 Å². The molecule has 0 bridgehead atoms. The number of oxazole rings is 1. The van der Waals surface area contributed by atoms with Crippen molar-refractivity contribution in [2.24, 2.45) is 0 Å². The third kappa shape index (κ3) is 0.620. The molecule has 2 nitrogen and oxygen atoms in total. The number of aryl methyl sites for hydroxylation is 1. The van der Waals surface area contributed by atoms with Crippen LogP contribution in [0.15, 0.2) is 22.6 Å². The van der Waals surface area contributed by atoms with Crippen molar-refractivity contribution in [3.8, 4) is 0 Å². The molecule has 0 N–H and O–H groups in total. The van der Waals surface area contributed by atoms with E-state index in [9.17, 15) is 0 Å². The van der Waals surface area contributed by atoms with E-state index >= 15 is 0 Å². The second-order valence-electron chi connectivity index (χ2n) is 2.23. The summed E-state index contributed by atoms with van der Waals surface area (Å²) >= 11 is 0. The van der Waals surface area contributed by atoms with E-state index < -0.39 is 0 Å². The number of benzene rings is 1. The molecular formula is C8H6NO. The van der Waals surface area contributed by atoms with Gasteiger partial charge in [-0.05, 0) is 18.6 Å². The van der Waals surface area contributed by atoms with E-state index in [1.54, 1.807) is 0 Å². The van der Waals surface area contributed by atoms with Gasteiger partial charge >= 0.3 is 0 Å². The van der Waals surface area contributed by atoms with Crippen molar-refractivity contribution in [2.75, 3.05) is 0 Å². The van der Waals surface area contributed by atoms with Gasteiger partial charge in [0.05, 0.1) is 0 Å². The van der Waals surface area contributed by atoms with E-state index in [4.69, 9.17) is 4.42 Å². The Balaban J connectivity index is 2.95. The van der Waals surface area contributed by atoms with Crippen molar-refractivity contribution in [3.63, 3.8) is 0 Å². The zero-order valence-corrected chi connectivity index (χ0v) is 5.59. The number of fused-ring (bicyclic) bond motifs is 1. The number of aromatic nitrogens is 1. The molecule has 2 heteroatoms. The van der Waals surface area contributed by atoms with Crippen LogP contribution >= 0.6 is 0 Å². The first kappa shape index (κ1) is 5.47. The summed E-state index contributed by atoms with van der Waals surface area (Å²) in [5.41, 5.74) is 2.81. The predicted molar refractivity (Wildman–Crippen MR) is 37.6 cm³/mol. The van der Waals surface area contributed by atoms with E-state index in [0.717, 1.165) is 16.7 Å². The monoisotopic (exact) mass is 132 g/mol. The standard InChI is InChI=1S/C8H6NO/c1-6-3-2-4-7-8(6)10-5-9-7/h2-4H,1H3. The van der Waals surface area contributed by atoms with Crippen LogP contribution in [0.5, 0.6) is 0 Å². The van der Waals surface area contributed by atoms with Gasteiger partial charge in [0.1, 0.15) is 5.52 Å². The molecular weight excluding hydrogens is 126 g/mol. The highest BCUT2D eigenvalue weighted by Crippen LogP contribution is 2.14. The van der Waals surface area contributed by atoms with Gasteiger partial charge in [0.25, 0.3) is 6.39 Å². The largest absolute Gasteiger partial charge is 0.432 e. The molecule has 0 amide bonds. The number of rotatable bonds is 0. The van der Waals surface area contributed by atoms with Gasteiger partial charge in [-0.15, -0.1) is 0 Å². The summed E-state index contributed by atoms with van der Waals surface area (Å²) in [4.78, 5) is 3.89. The molecule has 49 valence electrons. The fourth-order valence-corrected chi connectivity index (χ4v) is 0.975. The van der Waals surface area contributed by atoms with Crippen molar-refractivity contribution in [2.45, 2.75) is 6.92 Å². The quantitative estimate of drug-likeness (QED) is 0.547. The van der Waals surface area contributed by atoms with Crippen molar-refractivity contribution in [1.82, 2.24) is 4.98 Å². The van der Waals surface area contributed by atoms with E-state index in [2.05, 4.69) is 11.4 Å². The molecule has 0 aliphatic carbocycles. The third-order valence-electron chi connectivity index (χ3n) is 1.50. The molecule has 10 heavy (non-hydrogen) atoms. The summed E-state index contributed by atoms with van der Waals surface area (Å²) in [7, 11) is 0. The van der Waals surface area contributed by atoms with Crippen LogP contribution in [0.2, 0.25) is 0 Å². The molecule has 1 aromatic heterocycles. The first-order valence-corrected chi connectivity index (χ1v) is 3.10. The highest BCUT2D eigenvalue weighted by Gasteiger charge is 1.98.